The van der Waals surface area contributed by atoms with Crippen LogP contribution in [0.4, 0.5) is 4.79 Å². The fourth-order valence-corrected chi connectivity index (χ4v) is 3.32. The van der Waals surface area contributed by atoms with Gasteiger partial charge in [0.25, 0.3) is 5.91 Å². The third kappa shape index (κ3) is 2.65. The van der Waals surface area contributed by atoms with Crippen LogP contribution < -0.4 is 0 Å². The molecule has 0 aromatic rings. The van der Waals surface area contributed by atoms with Crippen LogP contribution in [0.15, 0.2) is 34.4 Å². The summed E-state index contributed by atoms with van der Waals surface area (Å²) in [6, 6.07) is -1.07. The van der Waals surface area contributed by atoms with Gasteiger partial charge in [0.1, 0.15) is 12.6 Å². The summed E-state index contributed by atoms with van der Waals surface area (Å²) in [5.74, 6) is 0.791. The highest BCUT2D eigenvalue weighted by molar-refractivity contribution is 6.23. The zero-order valence-corrected chi connectivity index (χ0v) is 15.9. The van der Waals surface area contributed by atoms with Crippen molar-refractivity contribution in [3.05, 3.63) is 24.3 Å². The van der Waals surface area contributed by atoms with E-state index in [2.05, 4.69) is 16.7 Å². The number of carbonyl (C=O) groups excluding carboxylic acids is 2. The second-order valence-corrected chi connectivity index (χ2v) is 6.87. The van der Waals surface area contributed by atoms with E-state index in [1.54, 1.807) is 18.1 Å². The van der Waals surface area contributed by atoms with Crippen molar-refractivity contribution in [2.75, 3.05) is 20.1 Å². The lowest BCUT2D eigenvalue weighted by atomic mass is 10.1. The Balaban J connectivity index is 2.06. The molecular weight excluding hydrogens is 332 g/mol. The molecule has 0 radical (unpaired) electrons. The summed E-state index contributed by atoms with van der Waals surface area (Å²) < 4.78 is 1.95. The molecule has 3 amide bonds. The Bertz CT molecular complexity index is 806. The fraction of sp³-hybridized carbons (Fsp3) is 0.500. The molecule has 1 saturated heterocycles. The molecule has 0 aromatic heterocycles. The van der Waals surface area contributed by atoms with Crippen molar-refractivity contribution in [1.82, 2.24) is 14.8 Å². The maximum Gasteiger partial charge on any atom is 0.417 e. The Morgan fingerprint density at radius 2 is 2.08 bits per heavy atom. The SMILES string of the molecule is C=C(C)CN1N=C(C)C(C)[N+]2=C1N=C1C2C(=O)N(C/C=C/C)C(=O)N1C. The van der Waals surface area contributed by atoms with E-state index in [-0.39, 0.29) is 24.5 Å². The van der Waals surface area contributed by atoms with Crippen LogP contribution in [0.1, 0.15) is 27.7 Å². The monoisotopic (exact) mass is 357 g/mol. The molecular formula is C18H25N6O2+. The summed E-state index contributed by atoms with van der Waals surface area (Å²) in [4.78, 5) is 33.1. The second kappa shape index (κ2) is 6.51. The highest BCUT2D eigenvalue weighted by Gasteiger charge is 2.55. The number of rotatable bonds is 4. The standard InChI is InChI=1S/C18H25N6O2/c1-7-8-9-22-16(25)14-15(21(6)18(22)26)19-17-23(10-11(2)3)20-12(4)13(5)24(14)17/h7-8,13-14H,2,9-10H2,1,3-6H3/q+1/b8-7+. The van der Waals surface area contributed by atoms with E-state index < -0.39 is 6.04 Å². The van der Waals surface area contributed by atoms with E-state index in [0.29, 0.717) is 18.3 Å². The quantitative estimate of drug-likeness (QED) is 0.562. The molecule has 8 heteroatoms. The van der Waals surface area contributed by atoms with Gasteiger partial charge in [-0.2, -0.15) is 0 Å². The number of amides is 3. The van der Waals surface area contributed by atoms with Gasteiger partial charge in [0.05, 0.1) is 5.71 Å². The van der Waals surface area contributed by atoms with Crippen LogP contribution in [0.3, 0.4) is 0 Å². The Kier molecular flexibility index (Phi) is 4.52. The van der Waals surface area contributed by atoms with Crippen molar-refractivity contribution < 1.29 is 14.2 Å². The maximum absolute atomic E-state index is 13.1. The normalized spacial score (nSPS) is 25.7. The van der Waals surface area contributed by atoms with Crippen LogP contribution >= 0.6 is 0 Å². The summed E-state index contributed by atoms with van der Waals surface area (Å²) >= 11 is 0. The number of aliphatic imine (C=N–C) groups is 1. The van der Waals surface area contributed by atoms with Crippen molar-refractivity contribution in [3.8, 4) is 0 Å². The summed E-state index contributed by atoms with van der Waals surface area (Å²) in [6.07, 6.45) is 3.62. The van der Waals surface area contributed by atoms with Gasteiger partial charge in [-0.15, -0.1) is 10.1 Å². The molecule has 0 aromatic carbocycles. The van der Waals surface area contributed by atoms with Gasteiger partial charge in [-0.05, 0) is 33.3 Å². The zero-order chi connectivity index (χ0) is 19.2. The first-order valence-electron chi connectivity index (χ1n) is 8.69. The molecule has 26 heavy (non-hydrogen) atoms. The molecule has 2 unspecified atom stereocenters. The van der Waals surface area contributed by atoms with Crippen LogP contribution in [-0.4, -0.2) is 81.1 Å². The Hall–Kier alpha value is -2.77. The minimum atomic E-state index is -0.619. The lowest BCUT2D eigenvalue weighted by Crippen LogP contribution is -2.64. The molecule has 0 saturated carbocycles. The van der Waals surface area contributed by atoms with Gasteiger partial charge in [0, 0.05) is 13.6 Å². The van der Waals surface area contributed by atoms with Gasteiger partial charge in [0.15, 0.2) is 0 Å². The molecule has 3 heterocycles. The van der Waals surface area contributed by atoms with E-state index in [0.717, 1.165) is 11.3 Å². The van der Waals surface area contributed by atoms with Gasteiger partial charge in [-0.3, -0.25) is 14.6 Å². The van der Waals surface area contributed by atoms with E-state index in [1.807, 2.05) is 38.3 Å². The Morgan fingerprint density at radius 1 is 1.38 bits per heavy atom. The van der Waals surface area contributed by atoms with Crippen LogP contribution in [0.25, 0.3) is 0 Å². The topological polar surface area (TPSA) is 71.6 Å². The molecule has 3 aliphatic rings. The Morgan fingerprint density at radius 3 is 2.69 bits per heavy atom. The lowest BCUT2D eigenvalue weighted by Gasteiger charge is -2.35. The first-order valence-corrected chi connectivity index (χ1v) is 8.69. The van der Waals surface area contributed by atoms with Gasteiger partial charge in [0.2, 0.25) is 11.9 Å². The number of nitrogens with zero attached hydrogens (tertiary/aromatic N) is 6. The first kappa shape index (κ1) is 18.0. The van der Waals surface area contributed by atoms with E-state index in [4.69, 9.17) is 0 Å². The molecule has 138 valence electrons. The molecule has 3 aliphatic heterocycles. The maximum atomic E-state index is 13.1. The fourth-order valence-electron chi connectivity index (χ4n) is 3.32. The first-order chi connectivity index (χ1) is 12.3. The van der Waals surface area contributed by atoms with Crippen molar-refractivity contribution in [2.24, 2.45) is 10.1 Å². The van der Waals surface area contributed by atoms with Crippen LogP contribution in [-0.2, 0) is 4.79 Å². The summed E-state index contributed by atoms with van der Waals surface area (Å²) in [5.41, 5.74) is 1.82. The van der Waals surface area contributed by atoms with Crippen LogP contribution in [0.2, 0.25) is 0 Å². The molecule has 0 N–H and O–H groups in total. The van der Waals surface area contributed by atoms with Gasteiger partial charge in [-0.1, -0.05) is 23.7 Å². The molecule has 0 aliphatic carbocycles. The van der Waals surface area contributed by atoms with E-state index >= 15 is 0 Å². The summed E-state index contributed by atoms with van der Waals surface area (Å²) in [5, 5.41) is 6.36. The van der Waals surface area contributed by atoms with E-state index in [9.17, 15) is 9.59 Å². The number of imide groups is 1. The van der Waals surface area contributed by atoms with Crippen molar-refractivity contribution in [3.63, 3.8) is 0 Å². The zero-order valence-electron chi connectivity index (χ0n) is 15.9. The van der Waals surface area contributed by atoms with E-state index in [1.165, 1.54) is 9.80 Å². The second-order valence-electron chi connectivity index (χ2n) is 6.87. The van der Waals surface area contributed by atoms with Crippen molar-refractivity contribution >= 4 is 29.4 Å². The largest absolute Gasteiger partial charge is 0.417 e. The Labute approximate surface area is 153 Å². The molecule has 8 nitrogen and oxygen atoms in total. The smallest absolute Gasteiger partial charge is 0.270 e. The molecule has 3 rings (SSSR count). The number of urea groups is 1. The number of fused-ring (bicyclic) bond motifs is 2. The number of guanidine groups is 1. The minimum Gasteiger partial charge on any atom is -0.270 e. The summed E-state index contributed by atoms with van der Waals surface area (Å²) in [6.45, 7) is 12.4. The molecule has 1 fully saturated rings. The highest BCUT2D eigenvalue weighted by atomic mass is 16.2. The molecule has 0 spiro atoms. The van der Waals surface area contributed by atoms with Gasteiger partial charge in [-0.25, -0.2) is 9.37 Å². The lowest BCUT2D eigenvalue weighted by molar-refractivity contribution is -0.559. The third-order valence-corrected chi connectivity index (χ3v) is 4.80. The van der Waals surface area contributed by atoms with Crippen molar-refractivity contribution in [2.45, 2.75) is 39.8 Å². The molecule has 2 atom stereocenters. The number of likely N-dealkylation sites (N-methyl/N-ethyl adjacent to an activating group) is 1. The number of hydrogen-bond donors (Lipinski definition) is 0. The molecule has 0 bridgehead atoms. The summed E-state index contributed by atoms with van der Waals surface area (Å²) in [7, 11) is 1.66. The number of hydrogen-bond acceptors (Lipinski definition) is 5. The number of allylic oxidation sites excluding steroid dienone is 1. The minimum absolute atomic E-state index is 0.0910. The van der Waals surface area contributed by atoms with Crippen LogP contribution in [0, 0.1) is 0 Å². The average molecular weight is 357 g/mol. The predicted octanol–water partition coefficient (Wildman–Crippen LogP) is 1.26. The number of hydrazone groups is 1. The van der Waals surface area contributed by atoms with Gasteiger partial charge < -0.3 is 0 Å². The number of amidine groups is 1. The van der Waals surface area contributed by atoms with Crippen molar-refractivity contribution in [1.29, 1.82) is 0 Å². The number of carbonyl (C=O) groups is 2. The third-order valence-electron chi connectivity index (χ3n) is 4.80. The highest BCUT2D eigenvalue weighted by Crippen LogP contribution is 2.25. The predicted molar refractivity (Wildman–Crippen MR) is 100 cm³/mol. The average Bonchev–Trinajstić information content (AvgIpc) is 2.98. The van der Waals surface area contributed by atoms with Crippen LogP contribution in [0.5, 0.6) is 0 Å². The van der Waals surface area contributed by atoms with Gasteiger partial charge >= 0.3 is 12.0 Å².